The molecule has 0 aromatic heterocycles. The maximum absolute atomic E-state index is 13.8. The normalized spacial score (nSPS) is 43.9. The van der Waals surface area contributed by atoms with Gasteiger partial charge in [0, 0.05) is 11.8 Å². The summed E-state index contributed by atoms with van der Waals surface area (Å²) < 4.78 is 50.6. The predicted octanol–water partition coefficient (Wildman–Crippen LogP) is -4.23. The zero-order chi connectivity index (χ0) is 40.2. The minimum Gasteiger partial charge on any atom is -0.471 e. The number of hydrogen-bond acceptors (Lipinski definition) is 22. The van der Waals surface area contributed by atoms with Crippen molar-refractivity contribution in [3.05, 3.63) is 47.0 Å². The molecule has 0 aromatic carbocycles. The first-order chi connectivity index (χ1) is 26.8. The highest BCUT2D eigenvalue weighted by atomic mass is 32.2. The zero-order valence-electron chi connectivity index (χ0n) is 29.4. The maximum atomic E-state index is 13.8. The number of hydrogen-bond donors (Lipinski definition) is 9. The first-order valence-corrected chi connectivity index (χ1v) is 18.8. The highest BCUT2D eigenvalue weighted by Crippen LogP contribution is 2.50. The number of ether oxygens (including phenoxy) is 9. The van der Waals surface area contributed by atoms with E-state index in [0.29, 0.717) is 5.57 Å². The lowest BCUT2D eigenvalue weighted by Crippen LogP contribution is -2.61. The molecule has 7 aliphatic rings. The molecule has 0 bridgehead atoms. The lowest BCUT2D eigenvalue weighted by atomic mass is 9.82. The summed E-state index contributed by atoms with van der Waals surface area (Å²) in [5.74, 6) is -5.60. The molecular formula is C34H42O21S. The Morgan fingerprint density at radius 3 is 2.00 bits per heavy atom. The average Bonchev–Trinajstić information content (AvgIpc) is 3.84. The van der Waals surface area contributed by atoms with Gasteiger partial charge in [-0.15, -0.1) is 0 Å². The number of aliphatic hydroxyl groups excluding tert-OH is 9. The fourth-order valence-corrected chi connectivity index (χ4v) is 8.30. The molecule has 3 fully saturated rings. The zero-order valence-corrected chi connectivity index (χ0v) is 30.2. The minimum absolute atomic E-state index is 0.139. The Morgan fingerprint density at radius 1 is 0.732 bits per heavy atom. The van der Waals surface area contributed by atoms with Gasteiger partial charge in [-0.2, -0.15) is 0 Å². The van der Waals surface area contributed by atoms with E-state index in [9.17, 15) is 60.3 Å². The molecule has 0 amide bonds. The topological polar surface area (TPSA) is 316 Å². The number of fused-ring (bicyclic) bond motifs is 1. The van der Waals surface area contributed by atoms with Crippen molar-refractivity contribution >= 4 is 29.0 Å². The van der Waals surface area contributed by atoms with Crippen LogP contribution in [0.25, 0.3) is 0 Å². The molecule has 21 nitrogen and oxygen atoms in total. The van der Waals surface area contributed by atoms with E-state index in [-0.39, 0.29) is 23.3 Å². The molecule has 310 valence electrons. The van der Waals surface area contributed by atoms with Crippen LogP contribution in [0, 0.1) is 23.7 Å². The predicted molar refractivity (Wildman–Crippen MR) is 177 cm³/mol. The van der Waals surface area contributed by atoms with Crippen molar-refractivity contribution in [3.8, 4) is 0 Å². The third kappa shape index (κ3) is 7.25. The fourth-order valence-electron chi connectivity index (χ4n) is 8.13. The quantitative estimate of drug-likeness (QED) is 0.0542. The second-order valence-corrected chi connectivity index (χ2v) is 14.8. The average molecular weight is 819 g/mol. The van der Waals surface area contributed by atoms with Crippen LogP contribution in [0.15, 0.2) is 47.0 Å². The number of aliphatic hydroxyl groups is 9. The molecule has 5 heterocycles. The number of carbonyl (C=O) groups is 3. The van der Waals surface area contributed by atoms with Crippen molar-refractivity contribution in [1.82, 2.24) is 0 Å². The van der Waals surface area contributed by atoms with Gasteiger partial charge in [-0.1, -0.05) is 6.08 Å². The molecule has 0 saturated carbocycles. The summed E-state index contributed by atoms with van der Waals surface area (Å²) in [5, 5.41) is 93.6. The van der Waals surface area contributed by atoms with E-state index in [1.165, 1.54) is 12.3 Å². The smallest absolute Gasteiger partial charge is 0.367 e. The second kappa shape index (κ2) is 16.6. The fraction of sp³-hybridized carbons (Fsp3) is 0.676. The molecule has 7 rings (SSSR count). The van der Waals surface area contributed by atoms with Gasteiger partial charge < -0.3 is 88.6 Å². The van der Waals surface area contributed by atoms with Gasteiger partial charge in [0.05, 0.1) is 61.4 Å². The van der Waals surface area contributed by atoms with Gasteiger partial charge in [0.2, 0.25) is 12.6 Å². The summed E-state index contributed by atoms with van der Waals surface area (Å²) >= 11 is 0.842. The van der Waals surface area contributed by atoms with Gasteiger partial charge in [-0.05, 0) is 35.2 Å². The highest BCUT2D eigenvalue weighted by molar-refractivity contribution is 8.12. The Balaban J connectivity index is 1.08. The molecule has 5 aliphatic heterocycles. The molecule has 9 N–H and O–H groups in total. The van der Waals surface area contributed by atoms with E-state index in [0.717, 1.165) is 24.3 Å². The molecule has 0 unspecified atom stereocenters. The van der Waals surface area contributed by atoms with Crippen LogP contribution < -0.4 is 0 Å². The van der Waals surface area contributed by atoms with Crippen LogP contribution in [-0.2, 0) is 52.2 Å². The van der Waals surface area contributed by atoms with Crippen molar-refractivity contribution in [3.63, 3.8) is 0 Å². The summed E-state index contributed by atoms with van der Waals surface area (Å²) in [4.78, 5) is 38.2. The van der Waals surface area contributed by atoms with Gasteiger partial charge in [0.15, 0.2) is 18.7 Å². The number of esters is 2. The summed E-state index contributed by atoms with van der Waals surface area (Å²) in [6.45, 7) is -2.43. The van der Waals surface area contributed by atoms with Gasteiger partial charge in [0.25, 0.3) is 0 Å². The Bertz CT molecular complexity index is 1650. The molecular weight excluding hydrogens is 776 g/mol. The van der Waals surface area contributed by atoms with Crippen LogP contribution in [-0.4, -0.2) is 182 Å². The number of carbonyl (C=O) groups excluding carboxylic acids is 3. The van der Waals surface area contributed by atoms with Gasteiger partial charge >= 0.3 is 17.2 Å². The Kier molecular flexibility index (Phi) is 12.1. The van der Waals surface area contributed by atoms with Crippen molar-refractivity contribution in [2.75, 3.05) is 32.7 Å². The van der Waals surface area contributed by atoms with Crippen LogP contribution in [0.2, 0.25) is 0 Å². The molecule has 0 spiro atoms. The summed E-state index contributed by atoms with van der Waals surface area (Å²) in [6, 6.07) is 0. The summed E-state index contributed by atoms with van der Waals surface area (Å²) in [7, 11) is 0. The van der Waals surface area contributed by atoms with Crippen molar-refractivity contribution < 1.29 is 103 Å². The molecule has 22 heteroatoms. The molecule has 3 saturated heterocycles. The number of rotatable bonds is 11. The van der Waals surface area contributed by atoms with Crippen LogP contribution in [0.3, 0.4) is 0 Å². The van der Waals surface area contributed by atoms with Crippen LogP contribution in [0.4, 0.5) is 4.79 Å². The second-order valence-electron chi connectivity index (χ2n) is 14.0. The Morgan fingerprint density at radius 2 is 1.36 bits per heavy atom. The van der Waals surface area contributed by atoms with E-state index >= 15 is 0 Å². The van der Waals surface area contributed by atoms with E-state index in [2.05, 4.69) is 0 Å². The third-order valence-corrected chi connectivity index (χ3v) is 11.4. The molecule has 0 aromatic rings. The van der Waals surface area contributed by atoms with Gasteiger partial charge in [-0.3, -0.25) is 0 Å². The summed E-state index contributed by atoms with van der Waals surface area (Å²) in [5.41, 5.74) is 0.486. The van der Waals surface area contributed by atoms with Crippen molar-refractivity contribution in [1.29, 1.82) is 0 Å². The SMILES string of the molecule is CSC(=O)OCC1=C[C@@H]2OC(=O)C3=CO[C@@H](O[C@@H]4O[C@H](CO)[C@@H](O)[C@H](OC(=O)C5=CO[C@@H](O[C@@H]6O[C@H](CO)[C@@H](O)[C@H](O)[C@H]6O)[C@@H]6C(CO)=C[C@H](O)[C@H]56)[C@H]4O)[C@H]1[C@@H]32. The Labute approximate surface area is 321 Å². The third-order valence-electron chi connectivity index (χ3n) is 10.9. The minimum atomic E-state index is -1.95. The van der Waals surface area contributed by atoms with E-state index in [1.807, 2.05) is 0 Å². The van der Waals surface area contributed by atoms with Gasteiger partial charge in [0.1, 0.15) is 55.4 Å². The molecule has 0 radical (unpaired) electrons. The Hall–Kier alpha value is -3.20. The first-order valence-electron chi connectivity index (χ1n) is 17.6. The number of thioether (sulfide) groups is 1. The highest BCUT2D eigenvalue weighted by Gasteiger charge is 2.58. The lowest BCUT2D eigenvalue weighted by Gasteiger charge is -2.44. The first kappa shape index (κ1) is 41.0. The van der Waals surface area contributed by atoms with Crippen molar-refractivity contribution in [2.45, 2.75) is 86.2 Å². The molecule has 2 aliphatic carbocycles. The molecule has 56 heavy (non-hydrogen) atoms. The standard InChI is InChI=1S/C34H42O21S/c1-56-34(46)49-7-11-3-15-21-13(28(44)50-15)9-48-31(19(11)21)55-33-26(43)27(23(40)17(6-37)52-33)53-29(45)12-8-47-30(18-10(4-35)2-14(38)20(12)18)54-32-25(42)24(41)22(39)16(5-36)51-32/h2-3,8-9,14-27,30-33,35-43H,4-7H2,1H3/t14-,15-,16+,17+,18+,19+,20-,21-,22+,23+,24-,25+,26+,27-,30-,31-,32-,33-/m0/s1. The van der Waals surface area contributed by atoms with Crippen LogP contribution >= 0.6 is 11.8 Å². The van der Waals surface area contributed by atoms with E-state index in [1.54, 1.807) is 6.08 Å². The largest absolute Gasteiger partial charge is 0.471 e. The molecule has 18 atom stereocenters. The lowest BCUT2D eigenvalue weighted by molar-refractivity contribution is -0.341. The van der Waals surface area contributed by atoms with Crippen LogP contribution in [0.5, 0.6) is 0 Å². The summed E-state index contributed by atoms with van der Waals surface area (Å²) in [6.07, 6.45) is -15.7. The van der Waals surface area contributed by atoms with Crippen LogP contribution in [0.1, 0.15) is 0 Å². The van der Waals surface area contributed by atoms with E-state index in [4.69, 9.17) is 42.6 Å². The van der Waals surface area contributed by atoms with Crippen molar-refractivity contribution in [2.24, 2.45) is 23.7 Å². The maximum Gasteiger partial charge on any atom is 0.367 e. The monoisotopic (exact) mass is 818 g/mol. The van der Waals surface area contributed by atoms with Gasteiger partial charge in [-0.25, -0.2) is 14.4 Å². The van der Waals surface area contributed by atoms with E-state index < -0.39 is 147 Å².